The van der Waals surface area contributed by atoms with Gasteiger partial charge in [-0.2, -0.15) is 0 Å². The number of hydrogen-bond acceptors (Lipinski definition) is 4. The highest BCUT2D eigenvalue weighted by Gasteiger charge is 2.32. The number of carbonyl (C=O) groups excluding carboxylic acids is 2. The van der Waals surface area contributed by atoms with Crippen LogP contribution in [0.25, 0.3) is 0 Å². The van der Waals surface area contributed by atoms with Crippen LogP contribution in [-0.2, 0) is 17.8 Å². The van der Waals surface area contributed by atoms with Crippen molar-refractivity contribution in [3.05, 3.63) is 64.2 Å². The number of halogens is 1. The number of benzene rings is 1. The maximum Gasteiger partial charge on any atom is 0.223 e. The second-order valence-electron chi connectivity index (χ2n) is 9.46. The van der Waals surface area contributed by atoms with Gasteiger partial charge in [-0.15, -0.1) is 0 Å². The monoisotopic (exact) mass is 437 g/mol. The molecule has 6 heteroatoms. The molecule has 0 radical (unpaired) electrons. The fourth-order valence-corrected chi connectivity index (χ4v) is 4.53. The summed E-state index contributed by atoms with van der Waals surface area (Å²) in [6, 6.07) is 6.78. The molecule has 0 bridgehead atoms. The molecule has 1 saturated heterocycles. The van der Waals surface area contributed by atoms with Crippen LogP contribution in [0.15, 0.2) is 30.5 Å². The van der Waals surface area contributed by atoms with Crippen LogP contribution in [0.1, 0.15) is 58.9 Å². The van der Waals surface area contributed by atoms with Crippen LogP contribution < -0.4 is 0 Å². The number of nitrogens with zero attached hydrogens (tertiary/aromatic N) is 3. The summed E-state index contributed by atoms with van der Waals surface area (Å²) in [5, 5.41) is 0. The van der Waals surface area contributed by atoms with Crippen LogP contribution in [0.3, 0.4) is 0 Å². The van der Waals surface area contributed by atoms with Crippen molar-refractivity contribution in [1.82, 2.24) is 14.8 Å². The van der Waals surface area contributed by atoms with Crippen LogP contribution >= 0.6 is 0 Å². The molecule has 170 valence electrons. The van der Waals surface area contributed by atoms with E-state index in [1.165, 1.54) is 18.9 Å². The zero-order chi connectivity index (χ0) is 22.8. The van der Waals surface area contributed by atoms with E-state index in [1.54, 1.807) is 18.3 Å². The van der Waals surface area contributed by atoms with Crippen molar-refractivity contribution in [2.45, 2.75) is 59.0 Å². The highest BCUT2D eigenvalue weighted by Crippen LogP contribution is 2.33. The second-order valence-corrected chi connectivity index (χ2v) is 9.46. The van der Waals surface area contributed by atoms with Gasteiger partial charge in [0.15, 0.2) is 5.78 Å². The summed E-state index contributed by atoms with van der Waals surface area (Å²) < 4.78 is 14.4. The van der Waals surface area contributed by atoms with E-state index in [2.05, 4.69) is 16.8 Å². The normalized spacial score (nSPS) is 19.2. The third-order valence-electron chi connectivity index (χ3n) is 6.76. The molecule has 1 aliphatic carbocycles. The molecule has 1 saturated carbocycles. The SMILES string of the molecule is Cc1ccc(C(=O)Cc2cc(F)cc(CN3CCN(C(=O)CC4CC4)[C@@H](C)C3)c2C)cn1. The van der Waals surface area contributed by atoms with Crippen molar-refractivity contribution in [2.24, 2.45) is 5.92 Å². The summed E-state index contributed by atoms with van der Waals surface area (Å²) >= 11 is 0. The molecule has 0 N–H and O–H groups in total. The van der Waals surface area contributed by atoms with Gasteiger partial charge in [0.05, 0.1) is 0 Å². The van der Waals surface area contributed by atoms with Crippen molar-refractivity contribution in [3.63, 3.8) is 0 Å². The summed E-state index contributed by atoms with van der Waals surface area (Å²) in [6.07, 6.45) is 4.79. The third kappa shape index (κ3) is 5.41. The molecular formula is C26H32FN3O2. The van der Waals surface area contributed by atoms with E-state index in [-0.39, 0.29) is 30.0 Å². The summed E-state index contributed by atoms with van der Waals surface area (Å²) in [6.45, 7) is 8.81. The number of aromatic nitrogens is 1. The van der Waals surface area contributed by atoms with Crippen molar-refractivity contribution in [3.8, 4) is 0 Å². The standard InChI is InChI=1S/C26H32FN3O2/c1-17-4-7-21(14-28-17)25(31)13-22-11-24(27)12-23(19(22)3)16-29-8-9-30(18(2)15-29)26(32)10-20-5-6-20/h4,7,11-12,14,18,20H,5-6,8-10,13,15-16H2,1-3H3/t18-/m0/s1. The average molecular weight is 438 g/mol. The van der Waals surface area contributed by atoms with E-state index in [9.17, 15) is 14.0 Å². The fourth-order valence-electron chi connectivity index (χ4n) is 4.53. The molecule has 5 nitrogen and oxygen atoms in total. The largest absolute Gasteiger partial charge is 0.337 e. The molecule has 4 rings (SSSR count). The Bertz CT molecular complexity index is 1000. The first-order valence-corrected chi connectivity index (χ1v) is 11.6. The maximum atomic E-state index is 14.4. The van der Waals surface area contributed by atoms with Crippen LogP contribution in [0.5, 0.6) is 0 Å². The Morgan fingerprint density at radius 2 is 1.88 bits per heavy atom. The Morgan fingerprint density at radius 3 is 2.53 bits per heavy atom. The molecule has 0 unspecified atom stereocenters. The van der Waals surface area contributed by atoms with Gasteiger partial charge in [-0.1, -0.05) is 0 Å². The number of pyridine rings is 1. The van der Waals surface area contributed by atoms with E-state index in [4.69, 9.17) is 0 Å². The Kier molecular flexibility index (Phi) is 6.70. The lowest BCUT2D eigenvalue weighted by Gasteiger charge is -2.40. The van der Waals surface area contributed by atoms with E-state index in [0.717, 1.165) is 35.5 Å². The molecule has 2 aromatic rings. The molecule has 32 heavy (non-hydrogen) atoms. The zero-order valence-corrected chi connectivity index (χ0v) is 19.2. The second kappa shape index (κ2) is 9.49. The number of amides is 1. The zero-order valence-electron chi connectivity index (χ0n) is 19.2. The van der Waals surface area contributed by atoms with Crippen molar-refractivity contribution in [1.29, 1.82) is 0 Å². The van der Waals surface area contributed by atoms with Gasteiger partial charge in [0.2, 0.25) is 5.91 Å². The molecule has 2 aliphatic rings. The minimum absolute atomic E-state index is 0.0615. The summed E-state index contributed by atoms with van der Waals surface area (Å²) in [5.74, 6) is 0.489. The molecule has 1 aromatic carbocycles. The first-order valence-electron chi connectivity index (χ1n) is 11.6. The minimum atomic E-state index is -0.318. The topological polar surface area (TPSA) is 53.5 Å². The van der Waals surface area contributed by atoms with Gasteiger partial charge in [-0.25, -0.2) is 4.39 Å². The highest BCUT2D eigenvalue weighted by atomic mass is 19.1. The van der Waals surface area contributed by atoms with E-state index >= 15 is 0 Å². The Hall–Kier alpha value is -2.60. The fraction of sp³-hybridized carbons (Fsp3) is 0.500. The van der Waals surface area contributed by atoms with Crippen LogP contribution in [0.4, 0.5) is 4.39 Å². The van der Waals surface area contributed by atoms with Crippen LogP contribution in [0, 0.1) is 25.6 Å². The number of carbonyl (C=O) groups is 2. The molecule has 2 fully saturated rings. The maximum absolute atomic E-state index is 14.4. The number of piperazine rings is 1. The van der Waals surface area contributed by atoms with E-state index in [1.807, 2.05) is 24.8 Å². The minimum Gasteiger partial charge on any atom is -0.337 e. The lowest BCUT2D eigenvalue weighted by Crippen LogP contribution is -2.53. The van der Waals surface area contributed by atoms with Gasteiger partial charge in [-0.3, -0.25) is 19.5 Å². The smallest absolute Gasteiger partial charge is 0.223 e. The van der Waals surface area contributed by atoms with Gasteiger partial charge < -0.3 is 4.90 Å². The molecule has 0 spiro atoms. The van der Waals surface area contributed by atoms with Crippen molar-refractivity contribution in [2.75, 3.05) is 19.6 Å². The Labute approximate surface area is 189 Å². The summed E-state index contributed by atoms with van der Waals surface area (Å²) in [7, 11) is 0. The lowest BCUT2D eigenvalue weighted by atomic mass is 9.95. The van der Waals surface area contributed by atoms with Gasteiger partial charge in [0.25, 0.3) is 0 Å². The number of rotatable bonds is 7. The molecular weight excluding hydrogens is 405 g/mol. The molecule has 1 aromatic heterocycles. The highest BCUT2D eigenvalue weighted by molar-refractivity contribution is 5.97. The number of hydrogen-bond donors (Lipinski definition) is 0. The molecule has 1 aliphatic heterocycles. The summed E-state index contributed by atoms with van der Waals surface area (Å²) in [5.41, 5.74) is 3.98. The first kappa shape index (κ1) is 22.6. The van der Waals surface area contributed by atoms with Crippen LogP contribution in [-0.4, -0.2) is 52.2 Å². The first-order chi connectivity index (χ1) is 15.3. The third-order valence-corrected chi connectivity index (χ3v) is 6.76. The molecule has 2 heterocycles. The predicted octanol–water partition coefficient (Wildman–Crippen LogP) is 4.10. The predicted molar refractivity (Wildman–Crippen MR) is 122 cm³/mol. The van der Waals surface area contributed by atoms with Gasteiger partial charge in [-0.05, 0) is 80.5 Å². The van der Waals surface area contributed by atoms with Gasteiger partial charge in [0.1, 0.15) is 5.82 Å². The molecule has 1 amide bonds. The molecule has 1 atom stereocenters. The Balaban J connectivity index is 1.41. The quantitative estimate of drug-likeness (QED) is 0.612. The average Bonchev–Trinajstić information content (AvgIpc) is 3.56. The number of aryl methyl sites for hydroxylation is 1. The van der Waals surface area contributed by atoms with Crippen LogP contribution in [0.2, 0.25) is 0 Å². The number of Topliss-reactive ketones (excluding diaryl/α,β-unsaturated/α-hetero) is 1. The summed E-state index contributed by atoms with van der Waals surface area (Å²) in [4.78, 5) is 33.7. The Morgan fingerprint density at radius 1 is 1.12 bits per heavy atom. The van der Waals surface area contributed by atoms with Gasteiger partial charge in [0, 0.05) is 62.5 Å². The van der Waals surface area contributed by atoms with E-state index in [0.29, 0.717) is 31.0 Å². The van der Waals surface area contributed by atoms with Crippen molar-refractivity contribution >= 4 is 11.7 Å². The number of ketones is 1. The van der Waals surface area contributed by atoms with Crippen molar-refractivity contribution < 1.29 is 14.0 Å². The lowest BCUT2D eigenvalue weighted by molar-refractivity contribution is -0.136. The van der Waals surface area contributed by atoms with Gasteiger partial charge >= 0.3 is 0 Å². The van der Waals surface area contributed by atoms with E-state index < -0.39 is 0 Å².